The van der Waals surface area contributed by atoms with Gasteiger partial charge in [0.15, 0.2) is 6.04 Å². The van der Waals surface area contributed by atoms with Gasteiger partial charge in [-0.15, -0.1) is 0 Å². The molecule has 4 N–H and O–H groups in total. The number of aliphatic carboxylic acids is 1. The fraction of sp³-hybridized carbons (Fsp3) is 0.769. The lowest BCUT2D eigenvalue weighted by Crippen LogP contribution is -2.48. The van der Waals surface area contributed by atoms with Crippen LogP contribution in [0.4, 0.5) is 0 Å². The summed E-state index contributed by atoms with van der Waals surface area (Å²) in [4.78, 5) is 34.0. The number of aliphatic hydroxyl groups excluding tert-OH is 1. The smallest absolute Gasteiger partial charge is 0.328 e. The Balaban J connectivity index is 2.25. The maximum atomic E-state index is 11.7. The average molecular weight is 286 g/mol. The summed E-state index contributed by atoms with van der Waals surface area (Å²) in [6.45, 7) is 1.47. The van der Waals surface area contributed by atoms with E-state index in [-0.39, 0.29) is 24.8 Å². The van der Waals surface area contributed by atoms with Crippen LogP contribution in [0.2, 0.25) is 0 Å². The summed E-state index contributed by atoms with van der Waals surface area (Å²) in [5.41, 5.74) is 0. The Kier molecular flexibility index (Phi) is 6.44. The third-order valence-corrected chi connectivity index (χ3v) is 3.44. The summed E-state index contributed by atoms with van der Waals surface area (Å²) in [6.07, 6.45) is 2.72. The molecule has 0 aliphatic heterocycles. The fourth-order valence-electron chi connectivity index (χ4n) is 2.27. The summed E-state index contributed by atoms with van der Waals surface area (Å²) in [6, 6.07) is -1.33. The molecule has 0 bridgehead atoms. The van der Waals surface area contributed by atoms with E-state index in [1.165, 1.54) is 6.92 Å². The number of carboxylic acid groups (broad SMARTS) is 1. The predicted molar refractivity (Wildman–Crippen MR) is 70.8 cm³/mol. The van der Waals surface area contributed by atoms with Crippen LogP contribution in [0.25, 0.3) is 0 Å². The molecule has 0 aromatic rings. The van der Waals surface area contributed by atoms with Crippen LogP contribution in [-0.4, -0.2) is 46.7 Å². The van der Waals surface area contributed by atoms with Crippen molar-refractivity contribution in [1.29, 1.82) is 0 Å². The molecule has 0 radical (unpaired) electrons. The molecule has 1 rings (SSSR count). The zero-order valence-corrected chi connectivity index (χ0v) is 11.6. The fourth-order valence-corrected chi connectivity index (χ4v) is 2.27. The normalized spacial score (nSPS) is 18.3. The van der Waals surface area contributed by atoms with E-state index in [0.29, 0.717) is 0 Å². The van der Waals surface area contributed by atoms with Gasteiger partial charge < -0.3 is 20.8 Å². The minimum atomic E-state index is -1.33. The maximum absolute atomic E-state index is 11.7. The van der Waals surface area contributed by atoms with Crippen molar-refractivity contribution in [3.63, 3.8) is 0 Å². The monoisotopic (exact) mass is 286 g/mol. The second kappa shape index (κ2) is 7.84. The van der Waals surface area contributed by atoms with Gasteiger partial charge in [0.25, 0.3) is 0 Å². The van der Waals surface area contributed by atoms with Crippen LogP contribution in [0, 0.1) is 5.92 Å². The molecular weight excluding hydrogens is 264 g/mol. The van der Waals surface area contributed by atoms with Crippen molar-refractivity contribution in [2.75, 3.05) is 6.54 Å². The van der Waals surface area contributed by atoms with Gasteiger partial charge in [-0.05, 0) is 19.8 Å². The summed E-state index contributed by atoms with van der Waals surface area (Å²) in [7, 11) is 0. The molecule has 7 nitrogen and oxygen atoms in total. The van der Waals surface area contributed by atoms with Crippen molar-refractivity contribution in [3.05, 3.63) is 0 Å². The Bertz CT molecular complexity index is 364. The van der Waals surface area contributed by atoms with E-state index in [2.05, 4.69) is 10.6 Å². The number of aliphatic hydroxyl groups is 1. The van der Waals surface area contributed by atoms with E-state index in [1.54, 1.807) is 0 Å². The molecule has 0 heterocycles. The Morgan fingerprint density at radius 3 is 2.35 bits per heavy atom. The Hall–Kier alpha value is -1.63. The molecule has 1 saturated carbocycles. The molecule has 2 unspecified atom stereocenters. The number of nitrogens with one attached hydrogen (secondary N) is 2. The number of carbonyl (C=O) groups excluding carboxylic acids is 2. The van der Waals surface area contributed by atoms with Gasteiger partial charge in [-0.3, -0.25) is 9.59 Å². The molecule has 7 heteroatoms. The van der Waals surface area contributed by atoms with E-state index in [9.17, 15) is 19.5 Å². The standard InChI is InChI=1S/C13H22N2O5/c1-8(16)11(13(19)20)15-10(17)6-7-14-12(18)9-4-2-3-5-9/h8-9,11,16H,2-7H2,1H3,(H,14,18)(H,15,17)(H,19,20). The van der Waals surface area contributed by atoms with Crippen LogP contribution in [0.15, 0.2) is 0 Å². The Morgan fingerprint density at radius 2 is 1.85 bits per heavy atom. The second-order valence-corrected chi connectivity index (χ2v) is 5.15. The topological polar surface area (TPSA) is 116 Å². The van der Waals surface area contributed by atoms with E-state index in [1.807, 2.05) is 0 Å². The molecular formula is C13H22N2O5. The Morgan fingerprint density at radius 1 is 1.25 bits per heavy atom. The van der Waals surface area contributed by atoms with Gasteiger partial charge >= 0.3 is 5.97 Å². The molecule has 1 aliphatic carbocycles. The third-order valence-electron chi connectivity index (χ3n) is 3.44. The highest BCUT2D eigenvalue weighted by molar-refractivity contribution is 5.84. The van der Waals surface area contributed by atoms with Crippen molar-refractivity contribution in [2.45, 2.75) is 51.2 Å². The maximum Gasteiger partial charge on any atom is 0.328 e. The molecule has 0 spiro atoms. The lowest BCUT2D eigenvalue weighted by Gasteiger charge is -2.17. The largest absolute Gasteiger partial charge is 0.480 e. The van der Waals surface area contributed by atoms with Crippen molar-refractivity contribution < 1.29 is 24.6 Å². The number of hydrogen-bond donors (Lipinski definition) is 4. The SMILES string of the molecule is CC(O)C(NC(=O)CCNC(=O)C1CCCC1)C(=O)O. The summed E-state index contributed by atoms with van der Waals surface area (Å²) < 4.78 is 0. The van der Waals surface area contributed by atoms with Crippen molar-refractivity contribution >= 4 is 17.8 Å². The van der Waals surface area contributed by atoms with Crippen LogP contribution in [0.5, 0.6) is 0 Å². The van der Waals surface area contributed by atoms with E-state index in [4.69, 9.17) is 5.11 Å². The zero-order valence-electron chi connectivity index (χ0n) is 11.6. The highest BCUT2D eigenvalue weighted by atomic mass is 16.4. The molecule has 2 amide bonds. The molecule has 114 valence electrons. The number of hydrogen-bond acceptors (Lipinski definition) is 4. The first-order valence-electron chi connectivity index (χ1n) is 6.89. The minimum absolute atomic E-state index is 0.00500. The number of carboxylic acids is 1. The van der Waals surface area contributed by atoms with Crippen molar-refractivity contribution in [2.24, 2.45) is 5.92 Å². The number of carbonyl (C=O) groups is 3. The first-order chi connectivity index (χ1) is 9.41. The molecule has 2 atom stereocenters. The van der Waals surface area contributed by atoms with Crippen LogP contribution >= 0.6 is 0 Å². The molecule has 0 aromatic heterocycles. The van der Waals surface area contributed by atoms with E-state index >= 15 is 0 Å². The first kappa shape index (κ1) is 16.4. The quantitative estimate of drug-likeness (QED) is 0.510. The van der Waals surface area contributed by atoms with Crippen LogP contribution in [0.3, 0.4) is 0 Å². The van der Waals surface area contributed by atoms with Crippen LogP contribution in [-0.2, 0) is 14.4 Å². The van der Waals surface area contributed by atoms with Crippen molar-refractivity contribution in [1.82, 2.24) is 10.6 Å². The summed E-state index contributed by atoms with van der Waals surface area (Å²) in [5, 5.41) is 22.9. The van der Waals surface area contributed by atoms with Gasteiger partial charge in [0.2, 0.25) is 11.8 Å². The predicted octanol–water partition coefficient (Wildman–Crippen LogP) is -0.367. The van der Waals surface area contributed by atoms with Gasteiger partial charge in [-0.2, -0.15) is 0 Å². The number of amides is 2. The summed E-state index contributed by atoms with van der Waals surface area (Å²) >= 11 is 0. The lowest BCUT2D eigenvalue weighted by atomic mass is 10.1. The van der Waals surface area contributed by atoms with Crippen LogP contribution in [0.1, 0.15) is 39.0 Å². The lowest BCUT2D eigenvalue weighted by molar-refractivity contribution is -0.144. The first-order valence-corrected chi connectivity index (χ1v) is 6.89. The van der Waals surface area contributed by atoms with Crippen molar-refractivity contribution in [3.8, 4) is 0 Å². The highest BCUT2D eigenvalue weighted by Gasteiger charge is 2.25. The molecule has 0 aromatic carbocycles. The van der Waals surface area contributed by atoms with E-state index in [0.717, 1.165) is 25.7 Å². The molecule has 1 aliphatic rings. The minimum Gasteiger partial charge on any atom is -0.480 e. The van der Waals surface area contributed by atoms with Gasteiger partial charge in [0.1, 0.15) is 0 Å². The van der Waals surface area contributed by atoms with E-state index < -0.39 is 24.0 Å². The average Bonchev–Trinajstić information content (AvgIpc) is 2.88. The van der Waals surface area contributed by atoms with Gasteiger partial charge in [-0.1, -0.05) is 12.8 Å². The highest BCUT2D eigenvalue weighted by Crippen LogP contribution is 2.24. The molecule has 0 saturated heterocycles. The van der Waals surface area contributed by atoms with Gasteiger partial charge in [0, 0.05) is 18.9 Å². The van der Waals surface area contributed by atoms with Gasteiger partial charge in [-0.25, -0.2) is 4.79 Å². The second-order valence-electron chi connectivity index (χ2n) is 5.15. The molecule has 20 heavy (non-hydrogen) atoms. The van der Waals surface area contributed by atoms with Crippen LogP contribution < -0.4 is 10.6 Å². The summed E-state index contributed by atoms with van der Waals surface area (Å²) in [5.74, 6) is -1.80. The number of rotatable bonds is 7. The molecule has 1 fully saturated rings. The zero-order chi connectivity index (χ0) is 15.1. The van der Waals surface area contributed by atoms with Gasteiger partial charge in [0.05, 0.1) is 6.10 Å². The Labute approximate surface area is 117 Å². The third kappa shape index (κ3) is 5.16.